The molecule has 1 saturated heterocycles. The van der Waals surface area contributed by atoms with Crippen molar-refractivity contribution in [3.63, 3.8) is 0 Å². The van der Waals surface area contributed by atoms with E-state index in [1.807, 2.05) is 30.5 Å². The van der Waals surface area contributed by atoms with Gasteiger partial charge in [-0.2, -0.15) is 0 Å². The van der Waals surface area contributed by atoms with Gasteiger partial charge in [0, 0.05) is 29.3 Å². The molecule has 1 fully saturated rings. The SMILES string of the molecule is O=C(O)C1CSCN1C(=O)CCc1c[nH]c2ccccc12. The molecule has 21 heavy (non-hydrogen) atoms. The van der Waals surface area contributed by atoms with Crippen molar-refractivity contribution < 1.29 is 14.7 Å². The van der Waals surface area contributed by atoms with Crippen LogP contribution in [-0.4, -0.2) is 44.5 Å². The number of aryl methyl sites for hydroxylation is 1. The summed E-state index contributed by atoms with van der Waals surface area (Å²) in [5.41, 5.74) is 2.15. The monoisotopic (exact) mass is 304 g/mol. The van der Waals surface area contributed by atoms with Crippen molar-refractivity contribution in [2.24, 2.45) is 0 Å². The number of aromatic amines is 1. The lowest BCUT2D eigenvalue weighted by Crippen LogP contribution is -2.41. The summed E-state index contributed by atoms with van der Waals surface area (Å²) >= 11 is 1.49. The second-order valence-corrected chi connectivity index (χ2v) is 6.08. The highest BCUT2D eigenvalue weighted by atomic mass is 32.2. The highest BCUT2D eigenvalue weighted by Crippen LogP contribution is 2.23. The van der Waals surface area contributed by atoms with Crippen molar-refractivity contribution in [2.45, 2.75) is 18.9 Å². The average molecular weight is 304 g/mol. The van der Waals surface area contributed by atoms with Crippen LogP contribution in [0.2, 0.25) is 0 Å². The van der Waals surface area contributed by atoms with E-state index in [1.54, 1.807) is 0 Å². The van der Waals surface area contributed by atoms with E-state index in [0.29, 0.717) is 24.5 Å². The van der Waals surface area contributed by atoms with Gasteiger partial charge in [-0.1, -0.05) is 18.2 Å². The Bertz CT molecular complexity index is 682. The maximum absolute atomic E-state index is 12.2. The molecule has 1 amide bonds. The molecule has 110 valence electrons. The number of carboxylic acid groups (broad SMARTS) is 1. The minimum atomic E-state index is -0.916. The topological polar surface area (TPSA) is 73.4 Å². The predicted octanol–water partition coefficient (Wildman–Crippen LogP) is 2.09. The Morgan fingerprint density at radius 3 is 3.00 bits per heavy atom. The number of hydrogen-bond acceptors (Lipinski definition) is 3. The summed E-state index contributed by atoms with van der Waals surface area (Å²) in [5, 5.41) is 10.2. The fourth-order valence-corrected chi connectivity index (χ4v) is 3.79. The first kappa shape index (κ1) is 14.0. The number of para-hydroxylation sites is 1. The number of amides is 1. The molecule has 1 aromatic carbocycles. The van der Waals surface area contributed by atoms with E-state index >= 15 is 0 Å². The molecule has 0 spiro atoms. The molecule has 0 saturated carbocycles. The van der Waals surface area contributed by atoms with Crippen LogP contribution < -0.4 is 0 Å². The molecule has 6 heteroatoms. The number of nitrogens with one attached hydrogen (secondary N) is 1. The van der Waals surface area contributed by atoms with E-state index in [2.05, 4.69) is 4.98 Å². The first-order chi connectivity index (χ1) is 10.2. The number of aromatic nitrogens is 1. The second-order valence-electron chi connectivity index (χ2n) is 5.08. The van der Waals surface area contributed by atoms with Gasteiger partial charge in [0.2, 0.25) is 5.91 Å². The van der Waals surface area contributed by atoms with Crippen LogP contribution in [0.5, 0.6) is 0 Å². The van der Waals surface area contributed by atoms with Gasteiger partial charge in [0.25, 0.3) is 0 Å². The summed E-state index contributed by atoms with van der Waals surface area (Å²) in [7, 11) is 0. The molecular weight excluding hydrogens is 288 g/mol. The highest BCUT2D eigenvalue weighted by molar-refractivity contribution is 7.99. The largest absolute Gasteiger partial charge is 0.480 e. The third kappa shape index (κ3) is 2.76. The number of benzene rings is 1. The molecule has 0 aliphatic carbocycles. The number of hydrogen-bond donors (Lipinski definition) is 2. The fraction of sp³-hybridized carbons (Fsp3) is 0.333. The number of thioether (sulfide) groups is 1. The van der Waals surface area contributed by atoms with E-state index in [4.69, 9.17) is 5.11 Å². The van der Waals surface area contributed by atoms with Crippen LogP contribution in [0.15, 0.2) is 30.5 Å². The average Bonchev–Trinajstić information content (AvgIpc) is 3.12. The molecule has 1 aliphatic rings. The Morgan fingerprint density at radius 2 is 2.19 bits per heavy atom. The number of carbonyl (C=O) groups excluding carboxylic acids is 1. The standard InChI is InChI=1S/C15H16N2O3S/c18-14(17-9-21-8-13(17)15(19)20)6-5-10-7-16-12-4-2-1-3-11(10)12/h1-4,7,13,16H,5-6,8-9H2,(H,19,20). The Labute approximate surface area is 126 Å². The van der Waals surface area contributed by atoms with E-state index in [9.17, 15) is 9.59 Å². The summed E-state index contributed by atoms with van der Waals surface area (Å²) in [6, 6.07) is 7.28. The zero-order chi connectivity index (χ0) is 14.8. The third-order valence-electron chi connectivity index (χ3n) is 3.77. The Kier molecular flexibility index (Phi) is 3.88. The van der Waals surface area contributed by atoms with Crippen LogP contribution in [-0.2, 0) is 16.0 Å². The van der Waals surface area contributed by atoms with Gasteiger partial charge in [0.15, 0.2) is 0 Å². The maximum Gasteiger partial charge on any atom is 0.327 e. The van der Waals surface area contributed by atoms with Crippen LogP contribution in [0.1, 0.15) is 12.0 Å². The van der Waals surface area contributed by atoms with Crippen LogP contribution >= 0.6 is 11.8 Å². The van der Waals surface area contributed by atoms with Gasteiger partial charge in [0.05, 0.1) is 5.88 Å². The molecule has 2 heterocycles. The third-order valence-corrected chi connectivity index (χ3v) is 4.78. The molecule has 3 rings (SSSR count). The molecular formula is C15H16N2O3S. The van der Waals surface area contributed by atoms with E-state index in [1.165, 1.54) is 16.7 Å². The zero-order valence-corrected chi connectivity index (χ0v) is 12.2. The van der Waals surface area contributed by atoms with Crippen molar-refractivity contribution in [1.29, 1.82) is 0 Å². The lowest BCUT2D eigenvalue weighted by Gasteiger charge is -2.20. The van der Waals surface area contributed by atoms with E-state index < -0.39 is 12.0 Å². The number of carboxylic acids is 1. The van der Waals surface area contributed by atoms with Gasteiger partial charge in [-0.25, -0.2) is 4.79 Å². The summed E-state index contributed by atoms with van der Waals surface area (Å²) in [6.07, 6.45) is 2.88. The van der Waals surface area contributed by atoms with Crippen molar-refractivity contribution in [3.8, 4) is 0 Å². The van der Waals surface area contributed by atoms with Gasteiger partial charge in [-0.05, 0) is 18.1 Å². The van der Waals surface area contributed by atoms with Crippen LogP contribution in [0.4, 0.5) is 0 Å². The molecule has 1 unspecified atom stereocenters. The lowest BCUT2D eigenvalue weighted by atomic mass is 10.1. The summed E-state index contributed by atoms with van der Waals surface area (Å²) < 4.78 is 0. The highest BCUT2D eigenvalue weighted by Gasteiger charge is 2.34. The zero-order valence-electron chi connectivity index (χ0n) is 11.4. The Morgan fingerprint density at radius 1 is 1.38 bits per heavy atom. The number of fused-ring (bicyclic) bond motifs is 1. The summed E-state index contributed by atoms with van der Waals surface area (Å²) in [5.74, 6) is -0.0455. The van der Waals surface area contributed by atoms with Gasteiger partial charge in [-0.15, -0.1) is 11.8 Å². The van der Waals surface area contributed by atoms with Crippen LogP contribution in [0.25, 0.3) is 10.9 Å². The molecule has 0 bridgehead atoms. The van der Waals surface area contributed by atoms with Gasteiger partial charge in [0.1, 0.15) is 6.04 Å². The molecule has 1 aliphatic heterocycles. The molecule has 5 nitrogen and oxygen atoms in total. The molecule has 2 N–H and O–H groups in total. The number of rotatable bonds is 4. The van der Waals surface area contributed by atoms with Crippen molar-refractivity contribution in [2.75, 3.05) is 11.6 Å². The lowest BCUT2D eigenvalue weighted by molar-refractivity contribution is -0.147. The fourth-order valence-electron chi connectivity index (χ4n) is 2.62. The van der Waals surface area contributed by atoms with Crippen molar-refractivity contribution >= 4 is 34.5 Å². The summed E-state index contributed by atoms with van der Waals surface area (Å²) in [6.45, 7) is 0. The summed E-state index contributed by atoms with van der Waals surface area (Å²) in [4.78, 5) is 28.0. The molecule has 0 radical (unpaired) electrons. The van der Waals surface area contributed by atoms with Crippen LogP contribution in [0, 0.1) is 0 Å². The number of H-pyrrole nitrogens is 1. The first-order valence-corrected chi connectivity index (χ1v) is 7.97. The predicted molar refractivity (Wildman–Crippen MR) is 82.2 cm³/mol. The van der Waals surface area contributed by atoms with Crippen LogP contribution in [0.3, 0.4) is 0 Å². The maximum atomic E-state index is 12.2. The van der Waals surface area contributed by atoms with E-state index in [-0.39, 0.29) is 5.91 Å². The molecule has 2 aromatic rings. The van der Waals surface area contributed by atoms with E-state index in [0.717, 1.165) is 16.5 Å². The van der Waals surface area contributed by atoms with Crippen molar-refractivity contribution in [3.05, 3.63) is 36.0 Å². The quantitative estimate of drug-likeness (QED) is 0.907. The number of carbonyl (C=O) groups is 2. The van der Waals surface area contributed by atoms with Gasteiger partial charge in [-0.3, -0.25) is 4.79 Å². The Balaban J connectivity index is 1.67. The molecule has 1 aromatic heterocycles. The van der Waals surface area contributed by atoms with Gasteiger partial charge >= 0.3 is 5.97 Å². The number of nitrogens with zero attached hydrogens (tertiary/aromatic N) is 1. The Hall–Kier alpha value is -1.95. The smallest absolute Gasteiger partial charge is 0.327 e. The first-order valence-electron chi connectivity index (χ1n) is 6.82. The minimum absolute atomic E-state index is 0.0855. The van der Waals surface area contributed by atoms with Gasteiger partial charge < -0.3 is 15.0 Å². The van der Waals surface area contributed by atoms with Crippen molar-refractivity contribution in [1.82, 2.24) is 9.88 Å². The second kappa shape index (κ2) is 5.81. The molecule has 1 atom stereocenters. The normalized spacial score (nSPS) is 18.3. The number of aliphatic carboxylic acids is 1. The minimum Gasteiger partial charge on any atom is -0.480 e.